The lowest BCUT2D eigenvalue weighted by Gasteiger charge is -2.18. The molecule has 1 aromatic carbocycles. The second-order valence-corrected chi connectivity index (χ2v) is 5.37. The summed E-state index contributed by atoms with van der Waals surface area (Å²) >= 11 is 0. The molecule has 1 aliphatic rings. The van der Waals surface area contributed by atoms with Gasteiger partial charge in [-0.05, 0) is 31.4 Å². The van der Waals surface area contributed by atoms with Crippen molar-refractivity contribution >= 4 is 23.2 Å². The lowest BCUT2D eigenvalue weighted by atomic mass is 9.93. The SMILES string of the molecule is COCC(=O)Nc1ccc(NC(=O)C2CC=CCC2)cc1OC. The molecule has 0 spiro atoms. The van der Waals surface area contributed by atoms with Crippen LogP contribution in [0.1, 0.15) is 19.3 Å². The number of methoxy groups -OCH3 is 2. The maximum Gasteiger partial charge on any atom is 0.250 e. The van der Waals surface area contributed by atoms with Gasteiger partial charge in [0.05, 0.1) is 12.8 Å². The van der Waals surface area contributed by atoms with E-state index in [-0.39, 0.29) is 24.3 Å². The van der Waals surface area contributed by atoms with Crippen LogP contribution in [-0.2, 0) is 14.3 Å². The second kappa shape index (κ2) is 8.33. The molecular weight excluding hydrogens is 296 g/mol. The summed E-state index contributed by atoms with van der Waals surface area (Å²) in [6.07, 6.45) is 6.72. The zero-order chi connectivity index (χ0) is 16.7. The molecule has 1 unspecified atom stereocenters. The number of carbonyl (C=O) groups is 2. The van der Waals surface area contributed by atoms with Crippen LogP contribution in [0, 0.1) is 5.92 Å². The van der Waals surface area contributed by atoms with Crippen LogP contribution in [0.15, 0.2) is 30.4 Å². The molecule has 0 fully saturated rings. The summed E-state index contributed by atoms with van der Waals surface area (Å²) < 4.78 is 10.1. The van der Waals surface area contributed by atoms with Gasteiger partial charge in [0.15, 0.2) is 0 Å². The number of rotatable bonds is 6. The van der Waals surface area contributed by atoms with E-state index >= 15 is 0 Å². The molecule has 6 nitrogen and oxygen atoms in total. The van der Waals surface area contributed by atoms with Crippen molar-refractivity contribution in [2.75, 3.05) is 31.5 Å². The van der Waals surface area contributed by atoms with Gasteiger partial charge >= 0.3 is 0 Å². The first-order valence-electron chi connectivity index (χ1n) is 7.56. The molecule has 2 rings (SSSR count). The zero-order valence-electron chi connectivity index (χ0n) is 13.4. The Labute approximate surface area is 135 Å². The minimum atomic E-state index is -0.267. The van der Waals surface area contributed by atoms with Gasteiger partial charge in [-0.15, -0.1) is 0 Å². The number of allylic oxidation sites excluding steroid dienone is 2. The van der Waals surface area contributed by atoms with Gasteiger partial charge in [0.25, 0.3) is 0 Å². The molecule has 0 heterocycles. The Morgan fingerprint density at radius 1 is 1.22 bits per heavy atom. The minimum Gasteiger partial charge on any atom is -0.494 e. The highest BCUT2D eigenvalue weighted by Crippen LogP contribution is 2.29. The van der Waals surface area contributed by atoms with Crippen LogP contribution in [0.5, 0.6) is 5.75 Å². The summed E-state index contributed by atoms with van der Waals surface area (Å²) in [6, 6.07) is 5.13. The van der Waals surface area contributed by atoms with Gasteiger partial charge in [-0.3, -0.25) is 9.59 Å². The van der Waals surface area contributed by atoms with Crippen molar-refractivity contribution in [1.82, 2.24) is 0 Å². The Bertz CT molecular complexity index is 598. The third kappa shape index (κ3) is 4.82. The molecule has 2 amide bonds. The van der Waals surface area contributed by atoms with Gasteiger partial charge in [-0.1, -0.05) is 12.2 Å². The minimum absolute atomic E-state index is 0.00655. The van der Waals surface area contributed by atoms with E-state index < -0.39 is 0 Å². The predicted molar refractivity (Wildman–Crippen MR) is 88.6 cm³/mol. The van der Waals surface area contributed by atoms with Crippen LogP contribution in [-0.4, -0.2) is 32.6 Å². The van der Waals surface area contributed by atoms with Crippen LogP contribution in [0.2, 0.25) is 0 Å². The van der Waals surface area contributed by atoms with Crippen molar-refractivity contribution in [2.24, 2.45) is 5.92 Å². The monoisotopic (exact) mass is 318 g/mol. The normalized spacial score (nSPS) is 16.7. The molecule has 0 saturated carbocycles. The fourth-order valence-corrected chi connectivity index (χ4v) is 2.47. The van der Waals surface area contributed by atoms with Crippen molar-refractivity contribution in [3.05, 3.63) is 30.4 Å². The molecule has 0 saturated heterocycles. The summed E-state index contributed by atoms with van der Waals surface area (Å²) in [5.74, 6) is 0.229. The molecule has 0 bridgehead atoms. The van der Waals surface area contributed by atoms with Gasteiger partial charge in [-0.25, -0.2) is 0 Å². The number of benzene rings is 1. The van der Waals surface area contributed by atoms with E-state index in [1.54, 1.807) is 18.2 Å². The standard InChI is InChI=1S/C17H22N2O4/c1-22-11-16(20)19-14-9-8-13(10-15(14)23-2)18-17(21)12-6-4-3-5-7-12/h3-4,8-10,12H,5-7,11H2,1-2H3,(H,18,21)(H,19,20). The van der Waals surface area contributed by atoms with Crippen LogP contribution < -0.4 is 15.4 Å². The van der Waals surface area contributed by atoms with Gasteiger partial charge in [0.1, 0.15) is 12.4 Å². The predicted octanol–water partition coefficient (Wildman–Crippen LogP) is 2.57. The molecule has 2 N–H and O–H groups in total. The Kier molecular flexibility index (Phi) is 6.17. The van der Waals surface area contributed by atoms with Crippen LogP contribution >= 0.6 is 0 Å². The third-order valence-electron chi connectivity index (χ3n) is 3.66. The van der Waals surface area contributed by atoms with Crippen molar-refractivity contribution in [1.29, 1.82) is 0 Å². The van der Waals surface area contributed by atoms with Gasteiger partial charge in [0.2, 0.25) is 11.8 Å². The number of carbonyl (C=O) groups excluding carboxylic acids is 2. The lowest BCUT2D eigenvalue weighted by molar-refractivity contribution is -0.120. The van der Waals surface area contributed by atoms with Crippen LogP contribution in [0.4, 0.5) is 11.4 Å². The summed E-state index contributed by atoms with van der Waals surface area (Å²) in [4.78, 5) is 23.8. The number of hydrogen-bond acceptors (Lipinski definition) is 4. The van der Waals surface area contributed by atoms with Crippen molar-refractivity contribution in [3.63, 3.8) is 0 Å². The molecule has 0 aliphatic heterocycles. The number of hydrogen-bond donors (Lipinski definition) is 2. The Morgan fingerprint density at radius 3 is 2.70 bits per heavy atom. The smallest absolute Gasteiger partial charge is 0.250 e. The first kappa shape index (κ1) is 17.0. The summed E-state index contributed by atoms with van der Waals surface area (Å²) in [7, 11) is 2.97. The molecule has 124 valence electrons. The summed E-state index contributed by atoms with van der Waals surface area (Å²) in [5.41, 5.74) is 1.18. The van der Waals surface area contributed by atoms with E-state index in [1.807, 2.05) is 6.08 Å². The van der Waals surface area contributed by atoms with Gasteiger partial charge < -0.3 is 20.1 Å². The van der Waals surface area contributed by atoms with E-state index in [1.165, 1.54) is 14.2 Å². The van der Waals surface area contributed by atoms with Gasteiger partial charge in [0, 0.05) is 24.8 Å². The largest absolute Gasteiger partial charge is 0.494 e. The fourth-order valence-electron chi connectivity index (χ4n) is 2.47. The first-order valence-corrected chi connectivity index (χ1v) is 7.56. The molecule has 0 aromatic heterocycles. The van der Waals surface area contributed by atoms with E-state index in [0.29, 0.717) is 17.1 Å². The Morgan fingerprint density at radius 2 is 2.04 bits per heavy atom. The van der Waals surface area contributed by atoms with Crippen molar-refractivity contribution < 1.29 is 19.1 Å². The second-order valence-electron chi connectivity index (χ2n) is 5.37. The molecule has 1 aliphatic carbocycles. The number of ether oxygens (including phenoxy) is 2. The van der Waals surface area contributed by atoms with E-state index in [9.17, 15) is 9.59 Å². The number of nitrogens with one attached hydrogen (secondary N) is 2. The average molecular weight is 318 g/mol. The molecule has 6 heteroatoms. The molecule has 0 radical (unpaired) electrons. The Hall–Kier alpha value is -2.34. The topological polar surface area (TPSA) is 76.7 Å². The van der Waals surface area contributed by atoms with E-state index in [2.05, 4.69) is 16.7 Å². The average Bonchev–Trinajstić information content (AvgIpc) is 2.57. The highest BCUT2D eigenvalue weighted by molar-refractivity contribution is 5.95. The number of anilines is 2. The molecule has 1 aromatic rings. The zero-order valence-corrected chi connectivity index (χ0v) is 13.4. The highest BCUT2D eigenvalue weighted by atomic mass is 16.5. The maximum absolute atomic E-state index is 12.2. The molecule has 1 atom stereocenters. The summed E-state index contributed by atoms with van der Waals surface area (Å²) in [6.45, 7) is -0.0309. The Balaban J connectivity index is 2.04. The van der Waals surface area contributed by atoms with E-state index in [0.717, 1.165) is 19.3 Å². The van der Waals surface area contributed by atoms with Crippen molar-refractivity contribution in [2.45, 2.75) is 19.3 Å². The molecule has 23 heavy (non-hydrogen) atoms. The van der Waals surface area contributed by atoms with Gasteiger partial charge in [-0.2, -0.15) is 0 Å². The maximum atomic E-state index is 12.2. The van der Waals surface area contributed by atoms with E-state index in [4.69, 9.17) is 9.47 Å². The van der Waals surface area contributed by atoms with Crippen molar-refractivity contribution in [3.8, 4) is 5.75 Å². The summed E-state index contributed by atoms with van der Waals surface area (Å²) in [5, 5.41) is 5.60. The van der Waals surface area contributed by atoms with Crippen LogP contribution in [0.25, 0.3) is 0 Å². The quantitative estimate of drug-likeness (QED) is 0.790. The number of amides is 2. The third-order valence-corrected chi connectivity index (χ3v) is 3.66. The molecular formula is C17H22N2O4. The fraction of sp³-hybridized carbons (Fsp3) is 0.412. The van der Waals surface area contributed by atoms with Crippen LogP contribution in [0.3, 0.4) is 0 Å². The lowest BCUT2D eigenvalue weighted by Crippen LogP contribution is -2.23. The highest BCUT2D eigenvalue weighted by Gasteiger charge is 2.19. The first-order chi connectivity index (χ1) is 11.1.